The molecule has 0 unspecified atom stereocenters. The van der Waals surface area contributed by atoms with Crippen molar-refractivity contribution in [2.75, 3.05) is 0 Å². The van der Waals surface area contributed by atoms with Crippen molar-refractivity contribution in [3.05, 3.63) is 118 Å². The Bertz CT molecular complexity index is 1830. The largest absolute Gasteiger partial charge is 0.0622 e. The molecule has 6 aromatic rings. The Morgan fingerprint density at radius 1 is 0.364 bits per heavy atom. The molecule has 33 heavy (non-hydrogen) atoms. The summed E-state index contributed by atoms with van der Waals surface area (Å²) in [6, 6.07) is 32.1. The zero-order valence-corrected chi connectivity index (χ0v) is 18.2. The first-order valence-corrected chi connectivity index (χ1v) is 12.0. The topological polar surface area (TPSA) is 0 Å². The quantitative estimate of drug-likeness (QED) is 0.249. The summed E-state index contributed by atoms with van der Waals surface area (Å²) in [7, 11) is 0. The van der Waals surface area contributed by atoms with Crippen LogP contribution < -0.4 is 0 Å². The summed E-state index contributed by atoms with van der Waals surface area (Å²) in [4.78, 5) is 0. The minimum atomic E-state index is 1.05. The second kappa shape index (κ2) is 5.53. The summed E-state index contributed by atoms with van der Waals surface area (Å²) in [6.07, 6.45) is 3.21. The molecule has 0 fully saturated rings. The van der Waals surface area contributed by atoms with Gasteiger partial charge in [-0.3, -0.25) is 0 Å². The number of hydrogen-bond donors (Lipinski definition) is 0. The normalized spacial score (nSPS) is 14.3. The second-order valence-electron chi connectivity index (χ2n) is 10.1. The summed E-state index contributed by atoms with van der Waals surface area (Å²) in [5.74, 6) is 0. The Balaban J connectivity index is 1.42. The molecule has 0 nitrogen and oxygen atoms in total. The summed E-state index contributed by atoms with van der Waals surface area (Å²) in [5, 5.41) is 9.37. The van der Waals surface area contributed by atoms with E-state index in [9.17, 15) is 0 Å². The van der Waals surface area contributed by atoms with E-state index in [1.54, 1.807) is 32.3 Å². The molecular weight excluding hydrogens is 396 g/mol. The van der Waals surface area contributed by atoms with E-state index in [1.807, 2.05) is 0 Å². The number of benzene rings is 6. The molecule has 0 bridgehead atoms. The van der Waals surface area contributed by atoms with Crippen LogP contribution in [0.5, 0.6) is 0 Å². The fraction of sp³-hybridized carbons (Fsp3) is 0.0909. The van der Waals surface area contributed by atoms with Crippen LogP contribution in [0.15, 0.2) is 84.9 Å². The van der Waals surface area contributed by atoms with Gasteiger partial charge in [-0.25, -0.2) is 0 Å². The Labute approximate surface area is 192 Å². The molecular formula is C33H20. The molecule has 0 amide bonds. The van der Waals surface area contributed by atoms with Crippen LogP contribution in [0.1, 0.15) is 33.4 Å². The maximum atomic E-state index is 2.53. The van der Waals surface area contributed by atoms with Crippen molar-refractivity contribution in [1.29, 1.82) is 0 Å². The Morgan fingerprint density at radius 3 is 1.64 bits per heavy atom. The first kappa shape index (κ1) is 16.7. The van der Waals surface area contributed by atoms with Gasteiger partial charge in [0.1, 0.15) is 0 Å². The van der Waals surface area contributed by atoms with Crippen LogP contribution in [0.3, 0.4) is 0 Å². The lowest BCUT2D eigenvalue weighted by Crippen LogP contribution is -1.92. The molecule has 0 saturated carbocycles. The smallest absolute Gasteiger partial charge is 0.000682 e. The fourth-order valence-corrected chi connectivity index (χ4v) is 7.13. The van der Waals surface area contributed by atoms with E-state index in [4.69, 9.17) is 0 Å². The van der Waals surface area contributed by atoms with Crippen LogP contribution in [0.2, 0.25) is 0 Å². The third-order valence-electron chi connectivity index (χ3n) is 8.43. The Morgan fingerprint density at radius 2 is 0.909 bits per heavy atom. The summed E-state index contributed by atoms with van der Waals surface area (Å²) >= 11 is 0. The van der Waals surface area contributed by atoms with E-state index < -0.39 is 0 Å². The van der Waals surface area contributed by atoms with Crippen molar-refractivity contribution >= 4 is 32.3 Å². The maximum absolute atomic E-state index is 2.53. The SMILES string of the molecule is c1ccc(-c2cccc(-c3cc4c5c6c(ccc7c6c6c(ccc8c6c5c3C8)C7)C4)c2)cc1. The first-order valence-electron chi connectivity index (χ1n) is 12.0. The first-order chi connectivity index (χ1) is 16.3. The molecule has 3 aliphatic carbocycles. The van der Waals surface area contributed by atoms with Crippen molar-refractivity contribution in [2.24, 2.45) is 0 Å². The van der Waals surface area contributed by atoms with E-state index in [2.05, 4.69) is 84.9 Å². The lowest BCUT2D eigenvalue weighted by atomic mass is 9.89. The third-order valence-corrected chi connectivity index (χ3v) is 8.43. The zero-order valence-electron chi connectivity index (χ0n) is 18.2. The number of rotatable bonds is 2. The molecule has 0 saturated heterocycles. The average molecular weight is 417 g/mol. The van der Waals surface area contributed by atoms with Crippen molar-refractivity contribution in [3.63, 3.8) is 0 Å². The monoisotopic (exact) mass is 416 g/mol. The van der Waals surface area contributed by atoms with E-state index >= 15 is 0 Å². The van der Waals surface area contributed by atoms with Gasteiger partial charge in [0.25, 0.3) is 0 Å². The van der Waals surface area contributed by atoms with E-state index in [0.717, 1.165) is 19.3 Å². The van der Waals surface area contributed by atoms with E-state index in [1.165, 1.54) is 55.6 Å². The minimum Gasteiger partial charge on any atom is -0.0622 e. The number of hydrogen-bond acceptors (Lipinski definition) is 0. The van der Waals surface area contributed by atoms with Gasteiger partial charge in [-0.05, 0) is 119 Å². The predicted molar refractivity (Wildman–Crippen MR) is 138 cm³/mol. The van der Waals surface area contributed by atoms with Gasteiger partial charge in [0.15, 0.2) is 0 Å². The molecule has 0 heteroatoms. The van der Waals surface area contributed by atoms with Gasteiger partial charge in [0.2, 0.25) is 0 Å². The molecule has 0 aromatic heterocycles. The molecule has 0 spiro atoms. The van der Waals surface area contributed by atoms with Crippen LogP contribution in [0, 0.1) is 0 Å². The van der Waals surface area contributed by atoms with Gasteiger partial charge in [0, 0.05) is 0 Å². The summed E-state index contributed by atoms with van der Waals surface area (Å²) in [6.45, 7) is 0. The molecule has 0 aliphatic heterocycles. The maximum Gasteiger partial charge on any atom is -0.000682 e. The van der Waals surface area contributed by atoms with Crippen molar-refractivity contribution in [3.8, 4) is 22.3 Å². The van der Waals surface area contributed by atoms with Crippen molar-refractivity contribution < 1.29 is 0 Å². The highest BCUT2D eigenvalue weighted by Crippen LogP contribution is 2.54. The van der Waals surface area contributed by atoms with Crippen LogP contribution in [0.25, 0.3) is 54.6 Å². The molecule has 9 rings (SSSR count). The predicted octanol–water partition coefficient (Wildman–Crippen LogP) is 8.19. The third kappa shape index (κ3) is 1.91. The van der Waals surface area contributed by atoms with Gasteiger partial charge in [-0.2, -0.15) is 0 Å². The van der Waals surface area contributed by atoms with E-state index in [0.29, 0.717) is 0 Å². The highest BCUT2D eigenvalue weighted by atomic mass is 14.4. The summed E-state index contributed by atoms with van der Waals surface area (Å²) < 4.78 is 0. The second-order valence-corrected chi connectivity index (χ2v) is 10.1. The van der Waals surface area contributed by atoms with Gasteiger partial charge in [0.05, 0.1) is 0 Å². The average Bonchev–Trinajstić information content (AvgIpc) is 3.54. The van der Waals surface area contributed by atoms with Gasteiger partial charge in [-0.15, -0.1) is 0 Å². The van der Waals surface area contributed by atoms with Gasteiger partial charge < -0.3 is 0 Å². The Kier molecular flexibility index (Phi) is 2.80. The molecule has 6 aromatic carbocycles. The van der Waals surface area contributed by atoms with Crippen LogP contribution >= 0.6 is 0 Å². The highest BCUT2D eigenvalue weighted by molar-refractivity contribution is 6.33. The molecule has 3 aliphatic rings. The summed E-state index contributed by atoms with van der Waals surface area (Å²) in [5.41, 5.74) is 14.5. The fourth-order valence-electron chi connectivity index (χ4n) is 7.13. The minimum absolute atomic E-state index is 1.05. The van der Waals surface area contributed by atoms with Crippen molar-refractivity contribution in [2.45, 2.75) is 19.3 Å². The van der Waals surface area contributed by atoms with Crippen LogP contribution in [-0.4, -0.2) is 0 Å². The molecule has 0 heterocycles. The zero-order chi connectivity index (χ0) is 21.3. The van der Waals surface area contributed by atoms with Crippen molar-refractivity contribution in [1.82, 2.24) is 0 Å². The molecule has 0 atom stereocenters. The molecule has 0 radical (unpaired) electrons. The van der Waals surface area contributed by atoms with Crippen LogP contribution in [-0.2, 0) is 19.3 Å². The standard InChI is InChI=1S/C33H20/c1-2-5-18(6-3-1)19-7-4-8-20(13-19)26-17-25-15-23-10-9-21-14-22-11-12-24-16-27(26)33-31(24)29(22)28(21)30(23)32(25)33/h1-13,17H,14-16H2. The lowest BCUT2D eigenvalue weighted by molar-refractivity contribution is 1.24. The lowest BCUT2D eigenvalue weighted by Gasteiger charge is -2.14. The Hall–Kier alpha value is -3.90. The molecule has 152 valence electrons. The van der Waals surface area contributed by atoms with Gasteiger partial charge in [-0.1, -0.05) is 72.8 Å². The van der Waals surface area contributed by atoms with E-state index in [-0.39, 0.29) is 0 Å². The van der Waals surface area contributed by atoms with Gasteiger partial charge >= 0.3 is 0 Å². The highest BCUT2D eigenvalue weighted by Gasteiger charge is 2.32. The van der Waals surface area contributed by atoms with Crippen LogP contribution in [0.4, 0.5) is 0 Å². The molecule has 0 N–H and O–H groups in total.